The van der Waals surface area contributed by atoms with E-state index in [1.54, 1.807) is 6.07 Å². The van der Waals surface area contributed by atoms with Gasteiger partial charge in [0.2, 0.25) is 0 Å². The number of phenolic OH excluding ortho intramolecular Hbond substituents is 1. The molecule has 106 valence electrons. The number of phenols is 1. The second kappa shape index (κ2) is 6.77. The molecule has 0 bridgehead atoms. The minimum atomic E-state index is 0.0358. The Labute approximate surface area is 122 Å². The normalized spacial score (nSPS) is 20.7. The highest BCUT2D eigenvalue weighted by molar-refractivity contribution is 6.36. The first-order valence-electron chi connectivity index (χ1n) is 6.22. The molecule has 0 saturated carbocycles. The molecule has 0 spiro atoms. The zero-order valence-corrected chi connectivity index (χ0v) is 12.0. The molecule has 1 fully saturated rings. The number of hydrogen-bond acceptors (Lipinski definition) is 4. The van der Waals surface area contributed by atoms with E-state index in [1.807, 2.05) is 0 Å². The number of ether oxygens (including phenoxy) is 1. The van der Waals surface area contributed by atoms with Crippen LogP contribution in [0.3, 0.4) is 0 Å². The Bertz CT molecular complexity index is 440. The molecule has 2 rings (SSSR count). The molecule has 1 aliphatic rings. The second-order valence-electron chi connectivity index (χ2n) is 4.60. The summed E-state index contributed by atoms with van der Waals surface area (Å²) in [6, 6.07) is 3.13. The Morgan fingerprint density at radius 3 is 2.89 bits per heavy atom. The van der Waals surface area contributed by atoms with Gasteiger partial charge in [0.15, 0.2) is 0 Å². The molecule has 0 aliphatic carbocycles. The first-order chi connectivity index (χ1) is 9.11. The van der Waals surface area contributed by atoms with Gasteiger partial charge in [-0.3, -0.25) is 4.90 Å². The highest BCUT2D eigenvalue weighted by Gasteiger charge is 2.22. The van der Waals surface area contributed by atoms with Crippen LogP contribution in [-0.4, -0.2) is 47.5 Å². The first-order valence-corrected chi connectivity index (χ1v) is 6.98. The van der Waals surface area contributed by atoms with Gasteiger partial charge in [-0.2, -0.15) is 0 Å². The van der Waals surface area contributed by atoms with Gasteiger partial charge in [0.05, 0.1) is 17.7 Å². The molecule has 1 aliphatic heterocycles. The van der Waals surface area contributed by atoms with Gasteiger partial charge >= 0.3 is 0 Å². The van der Waals surface area contributed by atoms with Crippen molar-refractivity contribution in [2.75, 3.05) is 26.3 Å². The summed E-state index contributed by atoms with van der Waals surface area (Å²) in [6.07, 6.45) is 0.659. The largest absolute Gasteiger partial charge is 0.506 e. The van der Waals surface area contributed by atoms with Gasteiger partial charge in [-0.15, -0.1) is 0 Å². The average Bonchev–Trinajstić information content (AvgIpc) is 2.40. The number of halogens is 2. The molecule has 1 saturated heterocycles. The molecule has 1 aromatic rings. The molecule has 4 nitrogen and oxygen atoms in total. The van der Waals surface area contributed by atoms with Crippen molar-refractivity contribution in [1.29, 1.82) is 0 Å². The van der Waals surface area contributed by atoms with Crippen molar-refractivity contribution in [3.63, 3.8) is 0 Å². The number of hydrogen-bond donors (Lipinski definition) is 2. The van der Waals surface area contributed by atoms with Crippen LogP contribution < -0.4 is 0 Å². The molecule has 2 N–H and O–H groups in total. The fourth-order valence-electron chi connectivity index (χ4n) is 2.20. The third kappa shape index (κ3) is 3.74. The van der Waals surface area contributed by atoms with Crippen LogP contribution in [0.25, 0.3) is 0 Å². The van der Waals surface area contributed by atoms with E-state index >= 15 is 0 Å². The maximum Gasteiger partial charge on any atom is 0.134 e. The Balaban J connectivity index is 2.06. The van der Waals surface area contributed by atoms with E-state index in [0.717, 1.165) is 18.7 Å². The van der Waals surface area contributed by atoms with Crippen molar-refractivity contribution < 1.29 is 14.9 Å². The summed E-state index contributed by atoms with van der Waals surface area (Å²) in [4.78, 5) is 2.16. The zero-order valence-electron chi connectivity index (χ0n) is 10.5. The van der Waals surface area contributed by atoms with Gasteiger partial charge in [0, 0.05) is 36.8 Å². The number of nitrogens with zero attached hydrogens (tertiary/aromatic N) is 1. The minimum absolute atomic E-state index is 0.0358. The van der Waals surface area contributed by atoms with Crippen LogP contribution in [-0.2, 0) is 11.3 Å². The van der Waals surface area contributed by atoms with Crippen LogP contribution in [0.2, 0.25) is 10.0 Å². The third-order valence-electron chi connectivity index (χ3n) is 3.22. The average molecular weight is 306 g/mol. The van der Waals surface area contributed by atoms with Gasteiger partial charge in [-0.05, 0) is 18.6 Å². The van der Waals surface area contributed by atoms with Gasteiger partial charge in [0.25, 0.3) is 0 Å². The summed E-state index contributed by atoms with van der Waals surface area (Å²) in [5, 5.41) is 19.4. The van der Waals surface area contributed by atoms with E-state index in [-0.39, 0.29) is 18.5 Å². The van der Waals surface area contributed by atoms with Gasteiger partial charge in [-0.25, -0.2) is 0 Å². The van der Waals surface area contributed by atoms with E-state index < -0.39 is 0 Å². The number of aromatic hydroxyl groups is 1. The van der Waals surface area contributed by atoms with E-state index in [9.17, 15) is 5.11 Å². The van der Waals surface area contributed by atoms with Crippen molar-refractivity contribution in [2.45, 2.75) is 19.1 Å². The van der Waals surface area contributed by atoms with E-state index in [0.29, 0.717) is 29.6 Å². The molecule has 0 aromatic heterocycles. The Hall–Kier alpha value is -0.520. The third-order valence-corrected chi connectivity index (χ3v) is 4.00. The molecule has 0 amide bonds. The van der Waals surface area contributed by atoms with Crippen LogP contribution in [0, 0.1) is 0 Å². The standard InChI is InChI=1S/C13H17Cl2NO3/c14-11-1-2-12(18)13(15)10(11)8-16-4-6-19-9(7-16)3-5-17/h1-2,9,17-18H,3-8H2. The summed E-state index contributed by atoms with van der Waals surface area (Å²) >= 11 is 12.2. The summed E-state index contributed by atoms with van der Waals surface area (Å²) < 4.78 is 5.55. The lowest BCUT2D eigenvalue weighted by Gasteiger charge is -2.33. The molecule has 1 aromatic carbocycles. The summed E-state index contributed by atoms with van der Waals surface area (Å²) in [5.41, 5.74) is 0.730. The van der Waals surface area contributed by atoms with Crippen LogP contribution in [0.5, 0.6) is 5.75 Å². The van der Waals surface area contributed by atoms with Crippen LogP contribution in [0.4, 0.5) is 0 Å². The predicted molar refractivity (Wildman–Crippen MR) is 74.8 cm³/mol. The highest BCUT2D eigenvalue weighted by Crippen LogP contribution is 2.33. The number of aliphatic hydroxyl groups is 1. The molecule has 1 atom stereocenters. The Morgan fingerprint density at radius 1 is 1.37 bits per heavy atom. The molecule has 6 heteroatoms. The zero-order chi connectivity index (χ0) is 13.8. The summed E-state index contributed by atoms with van der Waals surface area (Å²) in [6.45, 7) is 2.81. The van der Waals surface area contributed by atoms with Gasteiger partial charge in [-0.1, -0.05) is 23.2 Å². The Kier molecular flexibility index (Phi) is 5.30. The summed E-state index contributed by atoms with van der Waals surface area (Å²) in [5.74, 6) is 0.0428. The number of aliphatic hydroxyl groups excluding tert-OH is 1. The maximum atomic E-state index is 9.62. The smallest absolute Gasteiger partial charge is 0.134 e. The number of rotatable bonds is 4. The lowest BCUT2D eigenvalue weighted by molar-refractivity contribution is -0.0407. The maximum absolute atomic E-state index is 9.62. The molecular formula is C13H17Cl2NO3. The number of morpholine rings is 1. The number of benzene rings is 1. The topological polar surface area (TPSA) is 52.9 Å². The van der Waals surface area contributed by atoms with Crippen LogP contribution in [0.1, 0.15) is 12.0 Å². The lowest BCUT2D eigenvalue weighted by Crippen LogP contribution is -2.42. The van der Waals surface area contributed by atoms with E-state index in [4.69, 9.17) is 33.0 Å². The second-order valence-corrected chi connectivity index (χ2v) is 5.38. The highest BCUT2D eigenvalue weighted by atomic mass is 35.5. The fourth-order valence-corrected chi connectivity index (χ4v) is 2.69. The molecule has 19 heavy (non-hydrogen) atoms. The molecular weight excluding hydrogens is 289 g/mol. The van der Waals surface area contributed by atoms with Crippen molar-refractivity contribution in [3.8, 4) is 5.75 Å². The monoisotopic (exact) mass is 305 g/mol. The Morgan fingerprint density at radius 2 is 2.16 bits per heavy atom. The van der Waals surface area contributed by atoms with Crippen LogP contribution in [0.15, 0.2) is 12.1 Å². The lowest BCUT2D eigenvalue weighted by atomic mass is 10.1. The fraction of sp³-hybridized carbons (Fsp3) is 0.538. The quantitative estimate of drug-likeness (QED) is 0.896. The summed E-state index contributed by atoms with van der Waals surface area (Å²) in [7, 11) is 0. The van der Waals surface area contributed by atoms with E-state index in [2.05, 4.69) is 4.90 Å². The SMILES string of the molecule is OCCC1CN(Cc2c(Cl)ccc(O)c2Cl)CCO1. The van der Waals surface area contributed by atoms with Crippen molar-refractivity contribution in [1.82, 2.24) is 4.90 Å². The van der Waals surface area contributed by atoms with Crippen molar-refractivity contribution in [2.24, 2.45) is 0 Å². The first kappa shape index (κ1) is 14.9. The van der Waals surface area contributed by atoms with Crippen LogP contribution >= 0.6 is 23.2 Å². The van der Waals surface area contributed by atoms with Gasteiger partial charge < -0.3 is 14.9 Å². The van der Waals surface area contributed by atoms with E-state index in [1.165, 1.54) is 6.07 Å². The van der Waals surface area contributed by atoms with Crippen molar-refractivity contribution >= 4 is 23.2 Å². The molecule has 1 heterocycles. The predicted octanol–water partition coefficient (Wildman–Crippen LogP) is 2.28. The van der Waals surface area contributed by atoms with Crippen molar-refractivity contribution in [3.05, 3.63) is 27.7 Å². The molecule has 1 unspecified atom stereocenters. The minimum Gasteiger partial charge on any atom is -0.506 e. The van der Waals surface area contributed by atoms with Gasteiger partial charge in [0.1, 0.15) is 5.75 Å². The molecule has 0 radical (unpaired) electrons.